The molecule has 3 fully saturated rings. The van der Waals surface area contributed by atoms with Gasteiger partial charge >= 0.3 is 0 Å². The van der Waals surface area contributed by atoms with Crippen molar-refractivity contribution in [2.45, 2.75) is 57.2 Å². The summed E-state index contributed by atoms with van der Waals surface area (Å²) >= 11 is 0. The maximum absolute atomic E-state index is 12.8. The number of ether oxygens (including phenoxy) is 2. The van der Waals surface area contributed by atoms with E-state index >= 15 is 0 Å². The van der Waals surface area contributed by atoms with Gasteiger partial charge in [-0.2, -0.15) is 0 Å². The second-order valence-corrected chi connectivity index (χ2v) is 7.39. The van der Waals surface area contributed by atoms with Gasteiger partial charge in [-0.3, -0.25) is 9.59 Å². The molecule has 3 rings (SSSR count). The van der Waals surface area contributed by atoms with E-state index in [0.29, 0.717) is 13.1 Å². The summed E-state index contributed by atoms with van der Waals surface area (Å²) in [5.74, 6) is 0.443. The summed E-state index contributed by atoms with van der Waals surface area (Å²) in [4.78, 5) is 28.1. The molecule has 6 nitrogen and oxygen atoms in total. The van der Waals surface area contributed by atoms with Gasteiger partial charge in [-0.1, -0.05) is 0 Å². The minimum atomic E-state index is -0.193. The van der Waals surface area contributed by atoms with E-state index in [0.717, 1.165) is 58.2 Å². The molecule has 1 atom stereocenters. The Hall–Kier alpha value is -1.14. The predicted molar refractivity (Wildman–Crippen MR) is 89.5 cm³/mol. The first-order chi connectivity index (χ1) is 11.6. The van der Waals surface area contributed by atoms with E-state index in [2.05, 4.69) is 0 Å². The second-order valence-electron chi connectivity index (χ2n) is 7.39. The lowest BCUT2D eigenvalue weighted by atomic mass is 9.81. The summed E-state index contributed by atoms with van der Waals surface area (Å²) in [5.41, 5.74) is -0.193. The summed E-state index contributed by atoms with van der Waals surface area (Å²) in [6.07, 6.45) is 5.56. The quantitative estimate of drug-likeness (QED) is 0.764. The van der Waals surface area contributed by atoms with E-state index in [1.165, 1.54) is 0 Å². The molecule has 136 valence electrons. The molecule has 3 aliphatic rings. The fraction of sp³-hybridized carbons (Fsp3) is 0.889. The molecule has 0 aliphatic carbocycles. The molecule has 0 aromatic carbocycles. The molecule has 0 bridgehead atoms. The topological polar surface area (TPSA) is 59.1 Å². The smallest absolute Gasteiger partial charge is 0.225 e. The Morgan fingerprint density at radius 1 is 1.04 bits per heavy atom. The van der Waals surface area contributed by atoms with Crippen LogP contribution in [0.3, 0.4) is 0 Å². The van der Waals surface area contributed by atoms with Gasteiger partial charge in [-0.25, -0.2) is 0 Å². The van der Waals surface area contributed by atoms with Crippen molar-refractivity contribution in [2.24, 2.45) is 5.92 Å². The molecule has 2 amide bonds. The first kappa shape index (κ1) is 17.7. The number of hydrogen-bond donors (Lipinski definition) is 0. The molecule has 0 N–H and O–H groups in total. The third kappa shape index (κ3) is 3.45. The maximum Gasteiger partial charge on any atom is 0.225 e. The lowest BCUT2D eigenvalue weighted by molar-refractivity contribution is -0.189. The zero-order valence-corrected chi connectivity index (χ0v) is 15.0. The zero-order chi connectivity index (χ0) is 17.2. The number of piperidine rings is 2. The van der Waals surface area contributed by atoms with Crippen LogP contribution in [0.4, 0.5) is 0 Å². The lowest BCUT2D eigenvalue weighted by Gasteiger charge is -2.48. The van der Waals surface area contributed by atoms with Gasteiger partial charge in [-0.15, -0.1) is 0 Å². The highest BCUT2D eigenvalue weighted by Gasteiger charge is 2.46. The molecule has 3 saturated heterocycles. The van der Waals surface area contributed by atoms with Gasteiger partial charge in [0.25, 0.3) is 0 Å². The monoisotopic (exact) mass is 338 g/mol. The van der Waals surface area contributed by atoms with Crippen LogP contribution < -0.4 is 0 Å². The molecule has 0 radical (unpaired) electrons. The van der Waals surface area contributed by atoms with Crippen molar-refractivity contribution < 1.29 is 19.1 Å². The van der Waals surface area contributed by atoms with Crippen LogP contribution in [0.1, 0.15) is 45.4 Å². The summed E-state index contributed by atoms with van der Waals surface area (Å²) in [6, 6.07) is 0. The van der Waals surface area contributed by atoms with Gasteiger partial charge < -0.3 is 19.3 Å². The molecule has 0 aromatic heterocycles. The van der Waals surface area contributed by atoms with Gasteiger partial charge in [-0.05, 0) is 38.5 Å². The van der Waals surface area contributed by atoms with Crippen LogP contribution in [0, 0.1) is 5.92 Å². The maximum atomic E-state index is 12.8. The fourth-order valence-electron chi connectivity index (χ4n) is 4.50. The van der Waals surface area contributed by atoms with Crippen molar-refractivity contribution in [3.63, 3.8) is 0 Å². The van der Waals surface area contributed by atoms with Crippen LogP contribution >= 0.6 is 0 Å². The van der Waals surface area contributed by atoms with Gasteiger partial charge in [0.15, 0.2) is 0 Å². The molecule has 1 spiro atoms. The molecule has 24 heavy (non-hydrogen) atoms. The van der Waals surface area contributed by atoms with Crippen LogP contribution in [-0.2, 0) is 19.1 Å². The Morgan fingerprint density at radius 3 is 2.29 bits per heavy atom. The van der Waals surface area contributed by atoms with Crippen LogP contribution in [0.5, 0.6) is 0 Å². The normalized spacial score (nSPS) is 28.2. The Morgan fingerprint density at radius 2 is 1.71 bits per heavy atom. The third-order valence-electron chi connectivity index (χ3n) is 6.08. The minimum Gasteiger partial charge on any atom is -0.378 e. The molecular weight excluding hydrogens is 308 g/mol. The summed E-state index contributed by atoms with van der Waals surface area (Å²) in [5, 5.41) is 0. The minimum absolute atomic E-state index is 0.0696. The number of methoxy groups -OCH3 is 1. The SMILES string of the molecule is CO[C@H]1CCCOC12CCN(C(=O)C1CCN(C(C)=O)CC1)CC2. The van der Waals surface area contributed by atoms with Crippen LogP contribution in [-0.4, -0.2) is 73.2 Å². The van der Waals surface area contributed by atoms with Crippen molar-refractivity contribution in [3.05, 3.63) is 0 Å². The molecule has 3 aliphatic heterocycles. The van der Waals surface area contributed by atoms with Gasteiger partial charge in [0.1, 0.15) is 0 Å². The van der Waals surface area contributed by atoms with Gasteiger partial charge in [0.05, 0.1) is 11.7 Å². The highest BCUT2D eigenvalue weighted by molar-refractivity contribution is 5.80. The first-order valence-corrected chi connectivity index (χ1v) is 9.27. The number of rotatable bonds is 2. The average Bonchev–Trinajstić information content (AvgIpc) is 2.62. The van der Waals surface area contributed by atoms with Crippen LogP contribution in [0.2, 0.25) is 0 Å². The summed E-state index contributed by atoms with van der Waals surface area (Å²) < 4.78 is 11.8. The summed E-state index contributed by atoms with van der Waals surface area (Å²) in [7, 11) is 1.77. The van der Waals surface area contributed by atoms with Crippen molar-refractivity contribution in [1.82, 2.24) is 9.80 Å². The van der Waals surface area contributed by atoms with Gasteiger partial charge in [0, 0.05) is 52.7 Å². The number of carbonyl (C=O) groups is 2. The molecule has 3 heterocycles. The Balaban J connectivity index is 1.53. The Labute approximate surface area is 144 Å². The second kappa shape index (κ2) is 7.40. The number of hydrogen-bond acceptors (Lipinski definition) is 4. The van der Waals surface area contributed by atoms with Crippen molar-refractivity contribution in [3.8, 4) is 0 Å². The predicted octanol–water partition coefficient (Wildman–Crippen LogP) is 1.43. The fourth-order valence-corrected chi connectivity index (χ4v) is 4.50. The largest absolute Gasteiger partial charge is 0.378 e. The zero-order valence-electron chi connectivity index (χ0n) is 15.0. The highest BCUT2D eigenvalue weighted by atomic mass is 16.5. The van der Waals surface area contributed by atoms with Gasteiger partial charge in [0.2, 0.25) is 11.8 Å². The number of carbonyl (C=O) groups excluding carboxylic acids is 2. The first-order valence-electron chi connectivity index (χ1n) is 9.27. The molecule has 0 saturated carbocycles. The van der Waals surface area contributed by atoms with E-state index in [9.17, 15) is 9.59 Å². The van der Waals surface area contributed by atoms with E-state index in [-0.39, 0.29) is 29.4 Å². The number of nitrogens with zero attached hydrogens (tertiary/aromatic N) is 2. The molecular formula is C18H30N2O4. The number of likely N-dealkylation sites (tertiary alicyclic amines) is 2. The average molecular weight is 338 g/mol. The Bertz CT molecular complexity index is 466. The van der Waals surface area contributed by atoms with E-state index < -0.39 is 0 Å². The van der Waals surface area contributed by atoms with Crippen molar-refractivity contribution in [2.75, 3.05) is 39.9 Å². The highest BCUT2D eigenvalue weighted by Crippen LogP contribution is 2.37. The van der Waals surface area contributed by atoms with E-state index in [1.54, 1.807) is 14.0 Å². The van der Waals surface area contributed by atoms with E-state index in [4.69, 9.17) is 9.47 Å². The van der Waals surface area contributed by atoms with E-state index in [1.807, 2.05) is 9.80 Å². The van der Waals surface area contributed by atoms with Crippen LogP contribution in [0.15, 0.2) is 0 Å². The molecule has 0 unspecified atom stereocenters. The van der Waals surface area contributed by atoms with Crippen LogP contribution in [0.25, 0.3) is 0 Å². The standard InChI is InChI=1S/C18H30N2O4/c1-14(21)19-9-5-15(6-10-19)17(22)20-11-7-18(8-12-20)16(23-2)4-3-13-24-18/h15-16H,3-13H2,1-2H3/t16-/m0/s1. The number of amides is 2. The summed E-state index contributed by atoms with van der Waals surface area (Å²) in [6.45, 7) is 5.33. The third-order valence-corrected chi connectivity index (χ3v) is 6.08. The molecule has 6 heteroatoms. The lowest BCUT2D eigenvalue weighted by Crippen LogP contribution is -2.57. The Kier molecular flexibility index (Phi) is 5.45. The van der Waals surface area contributed by atoms with Crippen molar-refractivity contribution in [1.29, 1.82) is 0 Å². The van der Waals surface area contributed by atoms with Crippen molar-refractivity contribution >= 4 is 11.8 Å². The molecule has 0 aromatic rings.